The van der Waals surface area contributed by atoms with E-state index in [1.807, 2.05) is 13.1 Å². The third-order valence-electron chi connectivity index (χ3n) is 6.07. The lowest BCUT2D eigenvalue weighted by atomic mass is 9.95. The van der Waals surface area contributed by atoms with Crippen molar-refractivity contribution in [3.05, 3.63) is 34.6 Å². The number of halogens is 2. The summed E-state index contributed by atoms with van der Waals surface area (Å²) in [6, 6.07) is 4.86. The SMILES string of the molecule is CC1CCCOC1.CCOC(=O)NCCO.CN1CCCCC(Cc2cc(F)cc(Cl)c2)C1.CNCCNC=O. The van der Waals surface area contributed by atoms with E-state index in [0.717, 1.165) is 44.2 Å². The summed E-state index contributed by atoms with van der Waals surface area (Å²) in [5, 5.41) is 16.4. The predicted octanol–water partition coefficient (Wildman–Crippen LogP) is 3.86. The number of aliphatic hydroxyl groups is 1. The Kier molecular flexibility index (Phi) is 24.7. The summed E-state index contributed by atoms with van der Waals surface area (Å²) in [4.78, 5) is 22.3. The van der Waals surface area contributed by atoms with Gasteiger partial charge in [0.2, 0.25) is 6.41 Å². The molecule has 0 radical (unpaired) electrons. The predicted molar refractivity (Wildman–Crippen MR) is 159 cm³/mol. The van der Waals surface area contributed by atoms with Crippen LogP contribution in [0, 0.1) is 17.7 Å². The fourth-order valence-corrected chi connectivity index (χ4v) is 4.41. The van der Waals surface area contributed by atoms with Crippen LogP contribution in [-0.4, -0.2) is 95.8 Å². The minimum absolute atomic E-state index is 0.0567. The maximum atomic E-state index is 13.2. The van der Waals surface area contributed by atoms with Crippen LogP contribution >= 0.6 is 11.6 Å². The quantitative estimate of drug-likeness (QED) is 0.255. The minimum Gasteiger partial charge on any atom is -0.450 e. The molecule has 0 aromatic heterocycles. The Balaban J connectivity index is 0.000000559. The number of ether oxygens (including phenoxy) is 2. The molecule has 2 saturated heterocycles. The van der Waals surface area contributed by atoms with Gasteiger partial charge < -0.3 is 35.4 Å². The first-order chi connectivity index (χ1) is 19.2. The van der Waals surface area contributed by atoms with Gasteiger partial charge in [0.15, 0.2) is 0 Å². The molecular formula is C29H52ClFN4O5. The second-order valence-corrected chi connectivity index (χ2v) is 10.4. The molecule has 1 aromatic carbocycles. The van der Waals surface area contributed by atoms with Crippen LogP contribution in [0.25, 0.3) is 0 Å². The van der Waals surface area contributed by atoms with Gasteiger partial charge >= 0.3 is 6.09 Å². The lowest BCUT2D eigenvalue weighted by Gasteiger charge is -2.20. The number of amides is 2. The van der Waals surface area contributed by atoms with Crippen molar-refractivity contribution < 1.29 is 28.6 Å². The van der Waals surface area contributed by atoms with Crippen LogP contribution in [-0.2, 0) is 20.7 Å². The number of nitrogens with one attached hydrogen (secondary N) is 3. The average molecular weight is 591 g/mol. The van der Waals surface area contributed by atoms with E-state index in [-0.39, 0.29) is 19.0 Å². The van der Waals surface area contributed by atoms with Crippen LogP contribution in [0.2, 0.25) is 5.02 Å². The van der Waals surface area contributed by atoms with Gasteiger partial charge in [-0.05, 0) is 95.3 Å². The minimum atomic E-state index is -0.480. The molecular weight excluding hydrogens is 539 g/mol. The van der Waals surface area contributed by atoms with Gasteiger partial charge in [-0.15, -0.1) is 0 Å². The molecule has 2 atom stereocenters. The number of likely N-dealkylation sites (tertiary alicyclic amines) is 1. The van der Waals surface area contributed by atoms with E-state index in [0.29, 0.717) is 30.5 Å². The van der Waals surface area contributed by atoms with E-state index in [1.54, 1.807) is 13.0 Å². The van der Waals surface area contributed by atoms with Gasteiger partial charge in [-0.1, -0.05) is 24.9 Å². The third kappa shape index (κ3) is 22.8. The fourth-order valence-electron chi connectivity index (χ4n) is 4.16. The zero-order valence-corrected chi connectivity index (χ0v) is 25.6. The number of alkyl carbamates (subject to hydrolysis) is 1. The van der Waals surface area contributed by atoms with Crippen molar-refractivity contribution in [2.24, 2.45) is 11.8 Å². The number of benzene rings is 1. The van der Waals surface area contributed by atoms with Crippen molar-refractivity contribution in [3.8, 4) is 0 Å². The Morgan fingerprint density at radius 1 is 1.23 bits per heavy atom. The number of aliphatic hydroxyl groups excluding tert-OH is 1. The van der Waals surface area contributed by atoms with Crippen LogP contribution in [0.15, 0.2) is 18.2 Å². The second kappa shape index (κ2) is 26.0. The molecule has 2 aliphatic rings. The van der Waals surface area contributed by atoms with Gasteiger partial charge in [0, 0.05) is 44.4 Å². The summed E-state index contributed by atoms with van der Waals surface area (Å²) >= 11 is 5.88. The Morgan fingerprint density at radius 2 is 2.00 bits per heavy atom. The molecule has 232 valence electrons. The normalized spacial score (nSPS) is 18.7. The highest BCUT2D eigenvalue weighted by molar-refractivity contribution is 6.30. The van der Waals surface area contributed by atoms with Crippen LogP contribution in [0.4, 0.5) is 9.18 Å². The second-order valence-electron chi connectivity index (χ2n) is 9.97. The topological polar surface area (TPSA) is 112 Å². The summed E-state index contributed by atoms with van der Waals surface area (Å²) in [7, 11) is 4.00. The Hall–Kier alpha value is -1.98. The molecule has 9 nitrogen and oxygen atoms in total. The number of likely N-dealkylation sites (N-methyl/N-ethyl adjacent to an activating group) is 1. The molecule has 2 unspecified atom stereocenters. The highest BCUT2D eigenvalue weighted by Crippen LogP contribution is 2.22. The Labute approximate surface area is 245 Å². The van der Waals surface area contributed by atoms with Crippen molar-refractivity contribution in [1.82, 2.24) is 20.9 Å². The zero-order chi connectivity index (χ0) is 30.0. The van der Waals surface area contributed by atoms with Crippen molar-refractivity contribution in [1.29, 1.82) is 0 Å². The van der Waals surface area contributed by atoms with Crippen LogP contribution < -0.4 is 16.0 Å². The van der Waals surface area contributed by atoms with Crippen LogP contribution in [0.1, 0.15) is 51.5 Å². The summed E-state index contributed by atoms with van der Waals surface area (Å²) in [6.07, 6.45) is 7.56. The monoisotopic (exact) mass is 590 g/mol. The molecule has 2 aliphatic heterocycles. The molecule has 2 amide bonds. The molecule has 40 heavy (non-hydrogen) atoms. The molecule has 1 aromatic rings. The maximum absolute atomic E-state index is 13.2. The average Bonchev–Trinajstić information content (AvgIpc) is 3.12. The Morgan fingerprint density at radius 3 is 2.55 bits per heavy atom. The van der Waals surface area contributed by atoms with E-state index in [1.165, 1.54) is 44.7 Å². The van der Waals surface area contributed by atoms with Gasteiger partial charge in [-0.3, -0.25) is 4.79 Å². The summed E-state index contributed by atoms with van der Waals surface area (Å²) in [6.45, 7) is 10.3. The third-order valence-corrected chi connectivity index (χ3v) is 6.28. The first-order valence-corrected chi connectivity index (χ1v) is 14.7. The van der Waals surface area contributed by atoms with Gasteiger partial charge in [0.05, 0.1) is 13.2 Å². The van der Waals surface area contributed by atoms with Crippen LogP contribution in [0.5, 0.6) is 0 Å². The Bertz CT molecular complexity index is 752. The van der Waals surface area contributed by atoms with Gasteiger partial charge in [0.1, 0.15) is 5.82 Å². The fraction of sp³-hybridized carbons (Fsp3) is 0.724. The lowest BCUT2D eigenvalue weighted by molar-refractivity contribution is -0.109. The standard InChI is InChI=1S/C14H19ClFN.C6H12O.C5H11NO3.C4H10N2O/c1-17-5-3-2-4-11(10-17)6-12-7-13(15)9-14(16)8-12;1-6-3-2-4-7-5-6;1-2-9-5(8)6-3-4-7;1-5-2-3-6-4-7/h7-9,11H,2-6,10H2,1H3;6H,2-5H2,1H3;7H,2-4H2,1H3,(H,6,8);4-5H,2-3H2,1H3,(H,6,7). The first-order valence-electron chi connectivity index (χ1n) is 14.3. The zero-order valence-electron chi connectivity index (χ0n) is 24.9. The molecule has 0 saturated carbocycles. The van der Waals surface area contributed by atoms with Gasteiger partial charge in [-0.2, -0.15) is 0 Å². The summed E-state index contributed by atoms with van der Waals surface area (Å²) in [5.41, 5.74) is 1.02. The van der Waals surface area contributed by atoms with E-state index in [4.69, 9.17) is 21.4 Å². The van der Waals surface area contributed by atoms with Crippen molar-refractivity contribution in [3.63, 3.8) is 0 Å². The van der Waals surface area contributed by atoms with Crippen molar-refractivity contribution in [2.45, 2.75) is 52.4 Å². The number of carbonyl (C=O) groups excluding carboxylic acids is 2. The van der Waals surface area contributed by atoms with E-state index >= 15 is 0 Å². The lowest BCUT2D eigenvalue weighted by Crippen LogP contribution is -2.26. The molecule has 0 aliphatic carbocycles. The van der Waals surface area contributed by atoms with E-state index in [2.05, 4.69) is 39.6 Å². The summed E-state index contributed by atoms with van der Waals surface area (Å²) in [5.74, 6) is 1.21. The molecule has 0 bridgehead atoms. The molecule has 11 heteroatoms. The summed E-state index contributed by atoms with van der Waals surface area (Å²) < 4.78 is 22.9. The molecule has 3 rings (SSSR count). The smallest absolute Gasteiger partial charge is 0.407 e. The van der Waals surface area contributed by atoms with E-state index in [9.17, 15) is 14.0 Å². The number of hydrogen-bond acceptors (Lipinski definition) is 7. The van der Waals surface area contributed by atoms with Gasteiger partial charge in [-0.25, -0.2) is 9.18 Å². The largest absolute Gasteiger partial charge is 0.450 e. The number of rotatable bonds is 9. The molecule has 0 spiro atoms. The highest BCUT2D eigenvalue weighted by atomic mass is 35.5. The first kappa shape index (κ1) is 38.0. The highest BCUT2D eigenvalue weighted by Gasteiger charge is 2.16. The molecule has 4 N–H and O–H groups in total. The van der Waals surface area contributed by atoms with Gasteiger partial charge in [0.25, 0.3) is 0 Å². The number of nitrogens with zero attached hydrogens (tertiary/aromatic N) is 1. The maximum Gasteiger partial charge on any atom is 0.407 e. The molecule has 2 heterocycles. The number of hydrogen-bond donors (Lipinski definition) is 4. The number of carbonyl (C=O) groups is 2. The van der Waals surface area contributed by atoms with E-state index < -0.39 is 6.09 Å². The van der Waals surface area contributed by atoms with Crippen molar-refractivity contribution >= 4 is 24.1 Å². The van der Waals surface area contributed by atoms with Crippen LogP contribution in [0.3, 0.4) is 0 Å². The molecule has 2 fully saturated rings. The van der Waals surface area contributed by atoms with Crippen molar-refractivity contribution in [2.75, 3.05) is 73.2 Å².